The summed E-state index contributed by atoms with van der Waals surface area (Å²) in [6, 6.07) is 4.19. The quantitative estimate of drug-likeness (QED) is 0.724. The molecule has 1 aromatic carbocycles. The van der Waals surface area contributed by atoms with Crippen LogP contribution in [0, 0.1) is 0 Å². The number of benzene rings is 1. The van der Waals surface area contributed by atoms with Gasteiger partial charge < -0.3 is 10.1 Å². The van der Waals surface area contributed by atoms with Gasteiger partial charge in [0.25, 0.3) is 0 Å². The van der Waals surface area contributed by atoms with Gasteiger partial charge >= 0.3 is 12.0 Å². The first-order valence-corrected chi connectivity index (χ1v) is 10.3. The molecule has 0 aromatic heterocycles. The highest BCUT2D eigenvalue weighted by atomic mass is 35.5. The lowest BCUT2D eigenvalue weighted by molar-refractivity contribution is -0.139. The van der Waals surface area contributed by atoms with E-state index < -0.39 is 12.0 Å². The lowest BCUT2D eigenvalue weighted by atomic mass is 9.94. The Morgan fingerprint density at radius 3 is 2.64 bits per heavy atom. The molecule has 1 fully saturated rings. The Kier molecular flexibility index (Phi) is 6.86. The van der Waals surface area contributed by atoms with Gasteiger partial charge in [0, 0.05) is 19.3 Å². The highest BCUT2D eigenvalue weighted by Crippen LogP contribution is 2.37. The van der Waals surface area contributed by atoms with Crippen LogP contribution in [0.15, 0.2) is 29.5 Å². The van der Waals surface area contributed by atoms with Crippen LogP contribution in [0.4, 0.5) is 4.79 Å². The fourth-order valence-electron chi connectivity index (χ4n) is 3.70. The first-order valence-electron chi connectivity index (χ1n) is 9.54. The van der Waals surface area contributed by atoms with Gasteiger partial charge in [-0.25, -0.2) is 9.59 Å². The average Bonchev–Trinajstić information content (AvgIpc) is 2.68. The molecule has 0 saturated carbocycles. The van der Waals surface area contributed by atoms with Gasteiger partial charge in [0.1, 0.15) is 0 Å². The molecule has 3 rings (SSSR count). The SMILES string of the molecule is CCOC(=O)C1=C(CN2CCCCC2)N(C)C(=O)N[C@@H]1c1cccc(Cl)c1Cl. The summed E-state index contributed by atoms with van der Waals surface area (Å²) in [5.74, 6) is -0.456. The van der Waals surface area contributed by atoms with Crippen molar-refractivity contribution < 1.29 is 14.3 Å². The van der Waals surface area contributed by atoms with Crippen molar-refractivity contribution in [1.82, 2.24) is 15.1 Å². The van der Waals surface area contributed by atoms with Crippen molar-refractivity contribution in [3.05, 3.63) is 45.1 Å². The monoisotopic (exact) mass is 425 g/mol. The van der Waals surface area contributed by atoms with Crippen molar-refractivity contribution in [3.63, 3.8) is 0 Å². The maximum atomic E-state index is 12.9. The Bertz CT molecular complexity index is 791. The maximum absolute atomic E-state index is 12.9. The molecule has 2 heterocycles. The van der Waals surface area contributed by atoms with Crippen molar-refractivity contribution in [2.45, 2.75) is 32.2 Å². The molecule has 2 aliphatic heterocycles. The fourth-order valence-corrected chi connectivity index (χ4v) is 4.12. The zero-order valence-electron chi connectivity index (χ0n) is 16.1. The van der Waals surface area contributed by atoms with Crippen LogP contribution >= 0.6 is 23.2 Å². The molecule has 0 radical (unpaired) electrons. The predicted octanol–water partition coefficient (Wildman–Crippen LogP) is 3.99. The number of piperidine rings is 1. The number of nitrogens with one attached hydrogen (secondary N) is 1. The molecule has 2 aliphatic rings. The summed E-state index contributed by atoms with van der Waals surface area (Å²) >= 11 is 12.6. The van der Waals surface area contributed by atoms with Gasteiger partial charge in [-0.1, -0.05) is 41.8 Å². The van der Waals surface area contributed by atoms with E-state index >= 15 is 0 Å². The molecule has 1 aromatic rings. The number of carbonyl (C=O) groups is 2. The van der Waals surface area contributed by atoms with Crippen molar-refractivity contribution in [3.8, 4) is 0 Å². The molecule has 0 unspecified atom stereocenters. The first kappa shape index (κ1) is 21.0. The fraction of sp³-hybridized carbons (Fsp3) is 0.500. The number of hydrogen-bond donors (Lipinski definition) is 1. The van der Waals surface area contributed by atoms with E-state index in [1.807, 2.05) is 0 Å². The summed E-state index contributed by atoms with van der Waals surface area (Å²) in [7, 11) is 1.67. The van der Waals surface area contributed by atoms with Gasteiger partial charge in [0.15, 0.2) is 0 Å². The van der Waals surface area contributed by atoms with E-state index in [1.165, 1.54) is 11.3 Å². The molecular weight excluding hydrogens is 401 g/mol. The van der Waals surface area contributed by atoms with Gasteiger partial charge in [-0.2, -0.15) is 0 Å². The minimum atomic E-state index is -0.714. The predicted molar refractivity (Wildman–Crippen MR) is 109 cm³/mol. The van der Waals surface area contributed by atoms with E-state index in [4.69, 9.17) is 27.9 Å². The molecule has 28 heavy (non-hydrogen) atoms. The average molecular weight is 426 g/mol. The van der Waals surface area contributed by atoms with Gasteiger partial charge in [-0.15, -0.1) is 0 Å². The minimum Gasteiger partial charge on any atom is -0.463 e. The van der Waals surface area contributed by atoms with Crippen molar-refractivity contribution >= 4 is 35.2 Å². The number of nitrogens with zero attached hydrogens (tertiary/aromatic N) is 2. The topological polar surface area (TPSA) is 61.9 Å². The van der Waals surface area contributed by atoms with Crippen LogP contribution in [0.2, 0.25) is 10.0 Å². The van der Waals surface area contributed by atoms with E-state index in [0.29, 0.717) is 33.4 Å². The van der Waals surface area contributed by atoms with Gasteiger partial charge in [-0.05, 0) is 44.5 Å². The van der Waals surface area contributed by atoms with Crippen LogP contribution in [-0.2, 0) is 9.53 Å². The smallest absolute Gasteiger partial charge is 0.338 e. The Balaban J connectivity index is 2.09. The largest absolute Gasteiger partial charge is 0.463 e. The number of likely N-dealkylation sites (N-methyl/N-ethyl adjacent to an activating group) is 1. The molecule has 1 saturated heterocycles. The number of ether oxygens (including phenoxy) is 1. The summed E-state index contributed by atoms with van der Waals surface area (Å²) in [4.78, 5) is 29.4. The molecular formula is C20H25Cl2N3O3. The molecule has 152 valence electrons. The lowest BCUT2D eigenvalue weighted by Gasteiger charge is -2.37. The normalized spacial score (nSPS) is 20.9. The van der Waals surface area contributed by atoms with Gasteiger partial charge in [0.05, 0.1) is 28.3 Å². The highest BCUT2D eigenvalue weighted by molar-refractivity contribution is 6.42. The zero-order valence-corrected chi connectivity index (χ0v) is 17.6. The molecule has 2 amide bonds. The number of esters is 1. The number of carbonyl (C=O) groups excluding carboxylic acids is 2. The number of halogens is 2. The summed E-state index contributed by atoms with van der Waals surface area (Å²) in [5.41, 5.74) is 1.62. The second kappa shape index (κ2) is 9.16. The lowest BCUT2D eigenvalue weighted by Crippen LogP contribution is -2.49. The molecule has 1 atom stereocenters. The van der Waals surface area contributed by atoms with Gasteiger partial charge in [0.2, 0.25) is 0 Å². The van der Waals surface area contributed by atoms with E-state index in [2.05, 4.69) is 10.2 Å². The number of rotatable bonds is 5. The van der Waals surface area contributed by atoms with Crippen LogP contribution in [-0.4, -0.2) is 55.1 Å². The zero-order chi connectivity index (χ0) is 20.3. The van der Waals surface area contributed by atoms with E-state index in [1.54, 1.807) is 32.2 Å². The Morgan fingerprint density at radius 1 is 1.25 bits per heavy atom. The second-order valence-electron chi connectivity index (χ2n) is 7.00. The van der Waals surface area contributed by atoms with Crippen LogP contribution in [0.25, 0.3) is 0 Å². The molecule has 0 bridgehead atoms. The van der Waals surface area contributed by atoms with Crippen LogP contribution < -0.4 is 5.32 Å². The maximum Gasteiger partial charge on any atom is 0.338 e. The standard InChI is InChI=1S/C20H25Cl2N3O3/c1-3-28-19(26)16-15(12-25-10-5-4-6-11-25)24(2)20(27)23-18(16)13-8-7-9-14(21)17(13)22/h7-9,18H,3-6,10-12H2,1-2H3,(H,23,27)/t18-/m1/s1. The molecule has 0 spiro atoms. The Hall–Kier alpha value is -1.76. The van der Waals surface area contributed by atoms with Crippen molar-refractivity contribution in [1.29, 1.82) is 0 Å². The second-order valence-corrected chi connectivity index (χ2v) is 7.79. The molecule has 0 aliphatic carbocycles. The summed E-state index contributed by atoms with van der Waals surface area (Å²) in [6.07, 6.45) is 3.43. The summed E-state index contributed by atoms with van der Waals surface area (Å²) in [6.45, 7) is 4.39. The third-order valence-corrected chi connectivity index (χ3v) is 6.02. The Labute approximate surface area is 175 Å². The van der Waals surface area contributed by atoms with E-state index in [-0.39, 0.29) is 12.6 Å². The third-order valence-electron chi connectivity index (χ3n) is 5.19. The minimum absolute atomic E-state index is 0.243. The molecule has 1 N–H and O–H groups in total. The molecule has 6 nitrogen and oxygen atoms in total. The van der Waals surface area contributed by atoms with Crippen molar-refractivity contribution in [2.24, 2.45) is 0 Å². The highest BCUT2D eigenvalue weighted by Gasteiger charge is 2.38. The summed E-state index contributed by atoms with van der Waals surface area (Å²) < 4.78 is 5.34. The van der Waals surface area contributed by atoms with Crippen LogP contribution in [0.5, 0.6) is 0 Å². The summed E-state index contributed by atoms with van der Waals surface area (Å²) in [5, 5.41) is 3.56. The third kappa shape index (κ3) is 4.29. The van der Waals surface area contributed by atoms with E-state index in [9.17, 15) is 9.59 Å². The van der Waals surface area contributed by atoms with Crippen molar-refractivity contribution in [2.75, 3.05) is 33.3 Å². The number of urea groups is 1. The first-order chi connectivity index (χ1) is 13.4. The Morgan fingerprint density at radius 2 is 1.96 bits per heavy atom. The van der Waals surface area contributed by atoms with Crippen LogP contribution in [0.3, 0.4) is 0 Å². The number of amides is 2. The van der Waals surface area contributed by atoms with Gasteiger partial charge in [-0.3, -0.25) is 9.80 Å². The number of likely N-dealkylation sites (tertiary alicyclic amines) is 1. The number of hydrogen-bond acceptors (Lipinski definition) is 4. The molecule has 8 heteroatoms. The van der Waals surface area contributed by atoms with Crippen LogP contribution in [0.1, 0.15) is 37.8 Å². The van der Waals surface area contributed by atoms with E-state index in [0.717, 1.165) is 25.9 Å².